The predicted octanol–water partition coefficient (Wildman–Crippen LogP) is 4.02. The summed E-state index contributed by atoms with van der Waals surface area (Å²) in [6.45, 7) is 1.96. The van der Waals surface area contributed by atoms with Gasteiger partial charge in [0.25, 0.3) is 0 Å². The van der Waals surface area contributed by atoms with Crippen molar-refractivity contribution < 1.29 is 24.2 Å². The summed E-state index contributed by atoms with van der Waals surface area (Å²) in [4.78, 5) is 39.1. The Balaban J connectivity index is 1.45. The van der Waals surface area contributed by atoms with Gasteiger partial charge in [-0.1, -0.05) is 48.5 Å². The van der Waals surface area contributed by atoms with Crippen LogP contribution < -0.4 is 5.32 Å². The summed E-state index contributed by atoms with van der Waals surface area (Å²) in [5, 5.41) is 12.0. The highest BCUT2D eigenvalue weighted by Gasteiger charge is 2.42. The molecule has 1 saturated heterocycles. The van der Waals surface area contributed by atoms with E-state index in [0.717, 1.165) is 22.3 Å². The van der Waals surface area contributed by atoms with Gasteiger partial charge in [-0.2, -0.15) is 11.8 Å². The van der Waals surface area contributed by atoms with Crippen LogP contribution in [0.25, 0.3) is 11.1 Å². The minimum atomic E-state index is -1.03. The monoisotopic (exact) mass is 500 g/mol. The number of carbonyl (C=O) groups is 3. The molecule has 0 aromatic heterocycles. The number of ether oxygens (including phenoxy) is 1. The van der Waals surface area contributed by atoms with E-state index >= 15 is 0 Å². The Morgan fingerprint density at radius 1 is 1.15 bits per heavy atom. The zero-order valence-electron chi connectivity index (χ0n) is 19.1. The fourth-order valence-corrected chi connectivity index (χ4v) is 6.27. The van der Waals surface area contributed by atoms with Gasteiger partial charge >= 0.3 is 12.1 Å². The molecule has 2 unspecified atom stereocenters. The maximum Gasteiger partial charge on any atom is 0.407 e. The van der Waals surface area contributed by atoms with E-state index in [0.29, 0.717) is 17.9 Å². The number of carboxylic acids is 1. The maximum absolute atomic E-state index is 13.3. The highest BCUT2D eigenvalue weighted by atomic mass is 32.2. The lowest BCUT2D eigenvalue weighted by molar-refractivity contribution is -0.149. The predicted molar refractivity (Wildman–Crippen MR) is 135 cm³/mol. The van der Waals surface area contributed by atoms with Crippen LogP contribution in [0.3, 0.4) is 0 Å². The number of hydrogen-bond acceptors (Lipinski definition) is 6. The number of nitrogens with one attached hydrogen (secondary N) is 1. The third kappa shape index (κ3) is 4.90. The van der Waals surface area contributed by atoms with Gasteiger partial charge < -0.3 is 20.1 Å². The van der Waals surface area contributed by atoms with Gasteiger partial charge in [-0.15, -0.1) is 11.8 Å². The van der Waals surface area contributed by atoms with E-state index in [4.69, 9.17) is 4.74 Å². The number of fused-ring (bicyclic) bond motifs is 3. The molecular weight excluding hydrogens is 472 g/mol. The number of carbonyl (C=O) groups excluding carboxylic acids is 2. The third-order valence-corrected chi connectivity index (χ3v) is 8.17. The van der Waals surface area contributed by atoms with Gasteiger partial charge in [0, 0.05) is 11.7 Å². The average molecular weight is 501 g/mol. The van der Waals surface area contributed by atoms with Gasteiger partial charge in [-0.25, -0.2) is 9.59 Å². The van der Waals surface area contributed by atoms with Gasteiger partial charge in [0.15, 0.2) is 0 Å². The molecule has 2 N–H and O–H groups in total. The molecule has 1 fully saturated rings. The van der Waals surface area contributed by atoms with E-state index < -0.39 is 24.1 Å². The summed E-state index contributed by atoms with van der Waals surface area (Å²) < 4.78 is 5.61. The minimum absolute atomic E-state index is 0.0788. The number of alkyl carbamates (subject to hydrolysis) is 1. The molecule has 180 valence electrons. The molecule has 34 heavy (non-hydrogen) atoms. The first-order chi connectivity index (χ1) is 16.4. The van der Waals surface area contributed by atoms with E-state index in [1.165, 1.54) is 16.7 Å². The van der Waals surface area contributed by atoms with Crippen LogP contribution in [0, 0.1) is 0 Å². The number of benzene rings is 2. The summed E-state index contributed by atoms with van der Waals surface area (Å²) in [6, 6.07) is 14.4. The van der Waals surface area contributed by atoms with E-state index in [9.17, 15) is 19.5 Å². The number of nitrogens with zero attached hydrogens (tertiary/aromatic N) is 1. The van der Waals surface area contributed by atoms with E-state index in [-0.39, 0.29) is 23.8 Å². The number of thioether (sulfide) groups is 2. The van der Waals surface area contributed by atoms with Crippen LogP contribution in [0.1, 0.15) is 30.4 Å². The largest absolute Gasteiger partial charge is 0.480 e. The Labute approximate surface area is 207 Å². The highest BCUT2D eigenvalue weighted by Crippen LogP contribution is 2.44. The number of rotatable bonds is 8. The van der Waals surface area contributed by atoms with Crippen molar-refractivity contribution in [2.24, 2.45) is 0 Å². The zero-order chi connectivity index (χ0) is 24.2. The quantitative estimate of drug-likeness (QED) is 0.565. The first-order valence-corrected chi connectivity index (χ1v) is 13.6. The summed E-state index contributed by atoms with van der Waals surface area (Å²) in [7, 11) is 0. The van der Waals surface area contributed by atoms with Crippen molar-refractivity contribution >= 4 is 41.5 Å². The second kappa shape index (κ2) is 10.7. The Morgan fingerprint density at radius 3 is 2.35 bits per heavy atom. The normalized spacial score (nSPS) is 19.9. The Kier molecular flexibility index (Phi) is 7.73. The number of aliphatic carboxylic acids is 1. The number of hydrogen-bond donors (Lipinski definition) is 2. The van der Waals surface area contributed by atoms with Crippen LogP contribution in [-0.2, 0) is 14.3 Å². The third-order valence-electron chi connectivity index (χ3n) is 6.31. The maximum atomic E-state index is 13.3. The van der Waals surface area contributed by atoms with Crippen molar-refractivity contribution in [3.8, 4) is 11.1 Å². The summed E-state index contributed by atoms with van der Waals surface area (Å²) in [5.74, 6) is -0.511. The van der Waals surface area contributed by atoms with Gasteiger partial charge in [-0.05, 0) is 47.6 Å². The van der Waals surface area contributed by atoms with Crippen LogP contribution >= 0.6 is 23.5 Å². The molecule has 0 saturated carbocycles. The Bertz CT molecular complexity index is 1030. The molecule has 0 bridgehead atoms. The molecule has 2 aromatic rings. The topological polar surface area (TPSA) is 95.9 Å². The smallest absolute Gasteiger partial charge is 0.407 e. The van der Waals surface area contributed by atoms with E-state index in [1.54, 1.807) is 11.8 Å². The SMILES string of the molecule is CSCC[C@@H](NC(=O)OCC1c2ccccc2-c2ccccc21)C(=O)N1C(C)SCC1C(=O)O. The first kappa shape index (κ1) is 24.5. The van der Waals surface area contributed by atoms with E-state index in [1.807, 2.05) is 49.6 Å². The molecule has 2 amide bonds. The molecule has 2 aromatic carbocycles. The first-order valence-electron chi connectivity index (χ1n) is 11.2. The van der Waals surface area contributed by atoms with Crippen LogP contribution in [0.15, 0.2) is 48.5 Å². The molecule has 0 spiro atoms. The number of carboxylic acid groups (broad SMARTS) is 1. The molecule has 7 nitrogen and oxygen atoms in total. The number of amides is 2. The summed E-state index contributed by atoms with van der Waals surface area (Å²) in [5.41, 5.74) is 4.50. The van der Waals surface area contributed by atoms with Crippen molar-refractivity contribution in [3.05, 3.63) is 59.7 Å². The molecule has 9 heteroatoms. The lowest BCUT2D eigenvalue weighted by atomic mass is 9.98. The summed E-state index contributed by atoms with van der Waals surface area (Å²) in [6.07, 6.45) is 1.64. The van der Waals surface area contributed by atoms with Crippen molar-refractivity contribution in [3.63, 3.8) is 0 Å². The van der Waals surface area contributed by atoms with Crippen molar-refractivity contribution in [2.75, 3.05) is 24.4 Å². The zero-order valence-corrected chi connectivity index (χ0v) is 20.7. The minimum Gasteiger partial charge on any atom is -0.480 e. The standard InChI is InChI=1S/C25H28N2O5S2/c1-15-27(22(14-34-15)24(29)30)23(28)21(11-12-33-2)26-25(31)32-13-20-18-9-5-3-7-16(18)17-8-4-6-10-19(17)20/h3-10,15,20-22H,11-14H2,1-2H3,(H,26,31)(H,29,30)/t15?,21-,22?/m1/s1. The molecule has 0 radical (unpaired) electrons. The van der Waals surface area contributed by atoms with Crippen molar-refractivity contribution in [2.45, 2.75) is 36.7 Å². The molecule has 1 heterocycles. The fourth-order valence-electron chi connectivity index (χ4n) is 4.62. The average Bonchev–Trinajstić information content (AvgIpc) is 3.38. The second-order valence-electron chi connectivity index (χ2n) is 8.34. The van der Waals surface area contributed by atoms with Crippen LogP contribution in [0.4, 0.5) is 4.79 Å². The van der Waals surface area contributed by atoms with Crippen LogP contribution in [-0.4, -0.2) is 69.8 Å². The molecule has 3 atom stereocenters. The molecule has 1 aliphatic carbocycles. The van der Waals surface area contributed by atoms with Gasteiger partial charge in [0.1, 0.15) is 18.7 Å². The van der Waals surface area contributed by atoms with E-state index in [2.05, 4.69) is 17.4 Å². The summed E-state index contributed by atoms with van der Waals surface area (Å²) >= 11 is 2.98. The van der Waals surface area contributed by atoms with Crippen molar-refractivity contribution in [1.29, 1.82) is 0 Å². The molecular formula is C25H28N2O5S2. The fraction of sp³-hybridized carbons (Fsp3) is 0.400. The molecule has 4 rings (SSSR count). The van der Waals surface area contributed by atoms with Gasteiger partial charge in [0.2, 0.25) is 5.91 Å². The van der Waals surface area contributed by atoms with Gasteiger partial charge in [0.05, 0.1) is 5.37 Å². The van der Waals surface area contributed by atoms with Crippen molar-refractivity contribution in [1.82, 2.24) is 10.2 Å². The lowest BCUT2D eigenvalue weighted by Gasteiger charge is -2.29. The Hall–Kier alpha value is -2.65. The Morgan fingerprint density at radius 2 is 1.76 bits per heavy atom. The second-order valence-corrected chi connectivity index (χ2v) is 10.7. The van der Waals surface area contributed by atoms with Gasteiger partial charge in [-0.3, -0.25) is 4.79 Å². The van der Waals surface area contributed by atoms with Crippen LogP contribution in [0.5, 0.6) is 0 Å². The molecule has 1 aliphatic heterocycles. The highest BCUT2D eigenvalue weighted by molar-refractivity contribution is 8.00. The van der Waals surface area contributed by atoms with Crippen LogP contribution in [0.2, 0.25) is 0 Å². The lowest BCUT2D eigenvalue weighted by Crippen LogP contribution is -2.54. The molecule has 2 aliphatic rings.